The molecular formula is C31H37ClN8O2. The Balaban J connectivity index is 0.00000405. The lowest BCUT2D eigenvalue weighted by Gasteiger charge is -2.28. The van der Waals surface area contributed by atoms with Crippen molar-refractivity contribution in [3.8, 4) is 22.5 Å². The normalized spacial score (nSPS) is 17.1. The number of carbonyl (C=O) groups excluding carboxylic acids is 2. The quantitative estimate of drug-likeness (QED) is 0.182. The molecule has 10 nitrogen and oxygen atoms in total. The van der Waals surface area contributed by atoms with Crippen LogP contribution in [0.25, 0.3) is 22.5 Å². The van der Waals surface area contributed by atoms with E-state index in [-0.39, 0.29) is 30.1 Å². The number of nitrogens with one attached hydrogen (secondary N) is 3. The van der Waals surface area contributed by atoms with Crippen molar-refractivity contribution in [1.82, 2.24) is 25.9 Å². The van der Waals surface area contributed by atoms with E-state index < -0.39 is 6.04 Å². The van der Waals surface area contributed by atoms with Gasteiger partial charge in [0.05, 0.1) is 0 Å². The first-order valence-electron chi connectivity index (χ1n) is 14.0. The summed E-state index contributed by atoms with van der Waals surface area (Å²) in [4.78, 5) is 26.9. The largest absolute Gasteiger partial charge is 0.399 e. The first-order chi connectivity index (χ1) is 19.9. The monoisotopic (exact) mass is 588 g/mol. The topological polar surface area (TPSA) is 165 Å². The molecule has 0 unspecified atom stereocenters. The van der Waals surface area contributed by atoms with Crippen LogP contribution in [0.3, 0.4) is 0 Å². The summed E-state index contributed by atoms with van der Waals surface area (Å²) >= 11 is 0. The minimum atomic E-state index is -0.759. The van der Waals surface area contributed by atoms with Crippen LogP contribution >= 0.6 is 12.4 Å². The van der Waals surface area contributed by atoms with Gasteiger partial charge in [0, 0.05) is 29.3 Å². The average molecular weight is 589 g/mol. The second kappa shape index (κ2) is 14.1. The third-order valence-electron chi connectivity index (χ3n) is 7.89. The molecule has 4 aromatic rings. The average Bonchev–Trinajstić information content (AvgIpc) is 3.54. The van der Waals surface area contributed by atoms with E-state index in [0.717, 1.165) is 53.5 Å². The smallest absolute Gasteiger partial charge is 0.247 e. The fraction of sp³-hybridized carbons (Fsp3) is 0.323. The minimum Gasteiger partial charge on any atom is -0.399 e. The predicted molar refractivity (Wildman–Crippen MR) is 167 cm³/mol. The van der Waals surface area contributed by atoms with E-state index in [9.17, 15) is 9.59 Å². The van der Waals surface area contributed by atoms with Gasteiger partial charge >= 0.3 is 0 Å². The molecule has 1 aromatic heterocycles. The molecule has 3 aromatic carbocycles. The Labute approximate surface area is 251 Å². The van der Waals surface area contributed by atoms with Crippen molar-refractivity contribution in [3.05, 3.63) is 77.9 Å². The molecule has 2 amide bonds. The number of nitrogens with two attached hydrogens (primary N) is 2. The molecule has 0 radical (unpaired) electrons. The number of nitrogens with zero attached hydrogens (tertiary/aromatic N) is 3. The SMILES string of the molecule is Cc1ccc(N)cc1-c1cccc(C[C@H](NC(=O)[C@H]2CC[C@H](CN)CC2)C(=O)Nc2ccc(-c3nnn[nH]3)cc2)c1.Cl. The number of aromatic amines is 1. The third kappa shape index (κ3) is 7.51. The van der Waals surface area contributed by atoms with Gasteiger partial charge < -0.3 is 22.1 Å². The highest BCUT2D eigenvalue weighted by Crippen LogP contribution is 2.29. The van der Waals surface area contributed by atoms with Gasteiger partial charge in [0.2, 0.25) is 11.8 Å². The van der Waals surface area contributed by atoms with Crippen molar-refractivity contribution in [3.63, 3.8) is 0 Å². The van der Waals surface area contributed by atoms with Gasteiger partial charge in [-0.3, -0.25) is 9.59 Å². The van der Waals surface area contributed by atoms with Crippen molar-refractivity contribution in [2.24, 2.45) is 17.6 Å². The van der Waals surface area contributed by atoms with E-state index in [4.69, 9.17) is 11.5 Å². The van der Waals surface area contributed by atoms with E-state index in [1.54, 1.807) is 12.1 Å². The number of halogens is 1. The molecule has 0 saturated heterocycles. The third-order valence-corrected chi connectivity index (χ3v) is 7.89. The van der Waals surface area contributed by atoms with E-state index in [0.29, 0.717) is 36.1 Å². The van der Waals surface area contributed by atoms with Crippen LogP contribution in [0.1, 0.15) is 36.8 Å². The van der Waals surface area contributed by atoms with Crippen LogP contribution in [0, 0.1) is 18.8 Å². The van der Waals surface area contributed by atoms with Crippen LogP contribution in [0.4, 0.5) is 11.4 Å². The van der Waals surface area contributed by atoms with E-state index in [2.05, 4.69) is 37.3 Å². The van der Waals surface area contributed by atoms with Crippen LogP contribution in [-0.2, 0) is 16.0 Å². The van der Waals surface area contributed by atoms with E-state index in [1.165, 1.54) is 0 Å². The van der Waals surface area contributed by atoms with Gasteiger partial charge in [0.15, 0.2) is 5.82 Å². The zero-order valence-electron chi connectivity index (χ0n) is 23.5. The first kappa shape index (κ1) is 30.7. The lowest BCUT2D eigenvalue weighted by Crippen LogP contribution is -2.48. The van der Waals surface area contributed by atoms with Gasteiger partial charge in [-0.2, -0.15) is 0 Å². The number of rotatable bonds is 9. The molecular weight excluding hydrogens is 552 g/mol. The fourth-order valence-corrected chi connectivity index (χ4v) is 5.43. The Morgan fingerprint density at radius 2 is 1.76 bits per heavy atom. The molecule has 1 aliphatic carbocycles. The highest BCUT2D eigenvalue weighted by molar-refractivity contribution is 5.97. The van der Waals surface area contributed by atoms with Crippen molar-refractivity contribution in [2.45, 2.75) is 45.1 Å². The minimum absolute atomic E-state index is 0. The second-order valence-corrected chi connectivity index (χ2v) is 10.8. The second-order valence-electron chi connectivity index (χ2n) is 10.8. The maximum absolute atomic E-state index is 13.6. The number of aryl methyl sites for hydroxylation is 1. The predicted octanol–water partition coefficient (Wildman–Crippen LogP) is 4.28. The molecule has 220 valence electrons. The standard InChI is InChI=1S/C31H36N8O2.ClH/c1-19-5-12-25(33)17-27(19)24-4-2-3-21(15-24)16-28(35-30(40)23-8-6-20(18-32)7-9-23)31(41)34-26-13-10-22(11-14-26)29-36-38-39-37-29;/h2-5,10-15,17,20,23,28H,6-9,16,18,32-33H2,1H3,(H,34,41)(H,35,40)(H,36,37,38,39);1H/t20-,23-,28-;/m0./s1. The molecule has 42 heavy (non-hydrogen) atoms. The summed E-state index contributed by atoms with van der Waals surface area (Å²) in [7, 11) is 0. The Morgan fingerprint density at radius 1 is 1.00 bits per heavy atom. The summed E-state index contributed by atoms with van der Waals surface area (Å²) in [5.41, 5.74) is 18.1. The first-order valence-corrected chi connectivity index (χ1v) is 14.0. The van der Waals surface area contributed by atoms with Crippen molar-refractivity contribution in [1.29, 1.82) is 0 Å². The molecule has 1 atom stereocenters. The van der Waals surface area contributed by atoms with Crippen LogP contribution in [0.15, 0.2) is 66.7 Å². The molecule has 1 saturated carbocycles. The zero-order chi connectivity index (χ0) is 28.8. The molecule has 1 heterocycles. The zero-order valence-corrected chi connectivity index (χ0v) is 24.4. The number of amides is 2. The number of hydrogen-bond acceptors (Lipinski definition) is 7. The number of anilines is 2. The molecule has 0 spiro atoms. The molecule has 0 bridgehead atoms. The molecule has 1 aliphatic rings. The van der Waals surface area contributed by atoms with Gasteiger partial charge in [-0.15, -0.1) is 17.5 Å². The number of hydrogen-bond donors (Lipinski definition) is 5. The van der Waals surface area contributed by atoms with Crippen molar-refractivity contribution in [2.75, 3.05) is 17.6 Å². The Kier molecular flexibility index (Phi) is 10.3. The van der Waals surface area contributed by atoms with E-state index in [1.807, 2.05) is 55.5 Å². The molecule has 1 fully saturated rings. The number of benzene rings is 3. The molecule has 7 N–H and O–H groups in total. The lowest BCUT2D eigenvalue weighted by atomic mass is 9.81. The summed E-state index contributed by atoms with van der Waals surface area (Å²) in [6, 6.07) is 20.3. The van der Waals surface area contributed by atoms with Crippen LogP contribution in [-0.4, -0.2) is 45.0 Å². The summed E-state index contributed by atoms with van der Waals surface area (Å²) < 4.78 is 0. The van der Waals surface area contributed by atoms with Gasteiger partial charge in [-0.1, -0.05) is 30.3 Å². The maximum atomic E-state index is 13.6. The Hall–Kier alpha value is -4.28. The van der Waals surface area contributed by atoms with Crippen molar-refractivity contribution < 1.29 is 9.59 Å². The number of aromatic nitrogens is 4. The summed E-state index contributed by atoms with van der Waals surface area (Å²) in [5.74, 6) is 0.508. The van der Waals surface area contributed by atoms with Gasteiger partial charge in [0.1, 0.15) is 6.04 Å². The van der Waals surface area contributed by atoms with Gasteiger partial charge in [-0.25, -0.2) is 5.10 Å². The van der Waals surface area contributed by atoms with Gasteiger partial charge in [-0.05, 0) is 114 Å². The molecule has 5 rings (SSSR count). The summed E-state index contributed by atoms with van der Waals surface area (Å²) in [5, 5.41) is 19.9. The number of carbonyl (C=O) groups is 2. The highest BCUT2D eigenvalue weighted by Gasteiger charge is 2.29. The Morgan fingerprint density at radius 3 is 2.45 bits per heavy atom. The number of nitrogen functional groups attached to an aromatic ring is 1. The van der Waals surface area contributed by atoms with Crippen LogP contribution < -0.4 is 22.1 Å². The van der Waals surface area contributed by atoms with Crippen LogP contribution in [0.2, 0.25) is 0 Å². The molecule has 0 aliphatic heterocycles. The Bertz CT molecular complexity index is 1490. The van der Waals surface area contributed by atoms with Crippen LogP contribution in [0.5, 0.6) is 0 Å². The summed E-state index contributed by atoms with van der Waals surface area (Å²) in [6.45, 7) is 2.69. The van der Waals surface area contributed by atoms with Crippen molar-refractivity contribution >= 4 is 35.6 Å². The number of H-pyrrole nitrogens is 1. The number of tetrazole rings is 1. The lowest BCUT2D eigenvalue weighted by molar-refractivity contribution is -0.130. The van der Waals surface area contributed by atoms with E-state index >= 15 is 0 Å². The fourth-order valence-electron chi connectivity index (χ4n) is 5.43. The maximum Gasteiger partial charge on any atom is 0.247 e. The summed E-state index contributed by atoms with van der Waals surface area (Å²) in [6.07, 6.45) is 3.77. The van der Waals surface area contributed by atoms with Gasteiger partial charge in [0.25, 0.3) is 0 Å². The molecule has 11 heteroatoms. The highest BCUT2D eigenvalue weighted by atomic mass is 35.5.